The Morgan fingerprint density at radius 1 is 1.30 bits per heavy atom. The molecule has 1 nitrogen and oxygen atoms in total. The van der Waals surface area contributed by atoms with E-state index in [2.05, 4.69) is 24.8 Å². The second kappa shape index (κ2) is 12.0. The van der Waals surface area contributed by atoms with Crippen LogP contribution in [0.4, 0.5) is 0 Å². The van der Waals surface area contributed by atoms with Gasteiger partial charge in [0, 0.05) is 6.54 Å². The Kier molecular flexibility index (Phi) is 15.6. The Morgan fingerprint density at radius 2 is 1.80 bits per heavy atom. The van der Waals surface area contributed by atoms with Crippen molar-refractivity contribution in [3.8, 4) is 0 Å². The largest absolute Gasteiger partial charge is 0.264 e. The van der Waals surface area contributed by atoms with E-state index in [0.29, 0.717) is 0 Å². The van der Waals surface area contributed by atoms with Crippen molar-refractivity contribution in [2.45, 2.75) is 34.1 Å². The fourth-order valence-corrected chi connectivity index (χ4v) is 0.772. The summed E-state index contributed by atoms with van der Waals surface area (Å²) in [5, 5.41) is 0. The van der Waals surface area contributed by atoms with Gasteiger partial charge in [-0.05, 0) is 18.6 Å². The van der Waals surface area contributed by atoms with E-state index in [1.54, 1.807) is 11.9 Å². The van der Waals surface area contributed by atoms with Gasteiger partial charge in [-0.3, -0.25) is 4.72 Å². The van der Waals surface area contributed by atoms with E-state index in [1.807, 2.05) is 13.8 Å². The molecule has 2 heteroatoms. The highest BCUT2D eigenvalue weighted by atomic mass is 32.2. The molecule has 0 heterocycles. The Bertz CT molecular complexity index is 46.5. The van der Waals surface area contributed by atoms with Crippen LogP contribution in [0.5, 0.6) is 0 Å². The molecular weight excluding hydrogens is 142 g/mol. The third-order valence-corrected chi connectivity index (χ3v) is 1.46. The summed E-state index contributed by atoms with van der Waals surface area (Å²) >= 11 is 1.69. The molecule has 0 amide bonds. The predicted molar refractivity (Wildman–Crippen MR) is 52.3 cm³/mol. The molecule has 0 aliphatic rings. The average molecular weight is 163 g/mol. The summed E-state index contributed by atoms with van der Waals surface area (Å²) in [6.45, 7) is 9.61. The lowest BCUT2D eigenvalue weighted by molar-refractivity contribution is 0.585. The SMILES string of the molecule is CC.CSNCCC(C)C. The minimum Gasteiger partial charge on any atom is -0.264 e. The van der Waals surface area contributed by atoms with Crippen LogP contribution in [0, 0.1) is 5.92 Å². The van der Waals surface area contributed by atoms with Gasteiger partial charge in [-0.15, -0.1) is 0 Å². The molecule has 0 atom stereocenters. The molecule has 10 heavy (non-hydrogen) atoms. The number of nitrogens with one attached hydrogen (secondary N) is 1. The molecule has 0 fully saturated rings. The summed E-state index contributed by atoms with van der Waals surface area (Å²) in [6.07, 6.45) is 3.33. The van der Waals surface area contributed by atoms with Gasteiger partial charge in [0.05, 0.1) is 0 Å². The maximum Gasteiger partial charge on any atom is 0.00608 e. The van der Waals surface area contributed by atoms with Gasteiger partial charge >= 0.3 is 0 Å². The Hall–Kier alpha value is 0.310. The van der Waals surface area contributed by atoms with Crippen LogP contribution in [-0.4, -0.2) is 12.8 Å². The van der Waals surface area contributed by atoms with Crippen LogP contribution >= 0.6 is 11.9 Å². The summed E-state index contributed by atoms with van der Waals surface area (Å²) < 4.78 is 3.20. The monoisotopic (exact) mass is 163 g/mol. The molecule has 0 radical (unpaired) electrons. The van der Waals surface area contributed by atoms with Crippen LogP contribution in [0.15, 0.2) is 0 Å². The highest BCUT2D eigenvalue weighted by molar-refractivity contribution is 7.96. The molecule has 0 spiro atoms. The first kappa shape index (κ1) is 12.9. The Balaban J connectivity index is 0. The van der Waals surface area contributed by atoms with E-state index in [1.165, 1.54) is 6.42 Å². The third-order valence-electron chi connectivity index (χ3n) is 0.968. The first-order valence-electron chi connectivity index (χ1n) is 4.03. The van der Waals surface area contributed by atoms with E-state index in [9.17, 15) is 0 Å². The van der Waals surface area contributed by atoms with Gasteiger partial charge in [0.15, 0.2) is 0 Å². The second-order valence-electron chi connectivity index (χ2n) is 2.28. The summed E-state index contributed by atoms with van der Waals surface area (Å²) in [5.74, 6) is 0.828. The van der Waals surface area contributed by atoms with Crippen LogP contribution in [-0.2, 0) is 0 Å². The lowest BCUT2D eigenvalue weighted by Gasteiger charge is -2.02. The number of rotatable bonds is 4. The van der Waals surface area contributed by atoms with Crippen LogP contribution in [0.3, 0.4) is 0 Å². The topological polar surface area (TPSA) is 12.0 Å². The minimum atomic E-state index is 0.828. The van der Waals surface area contributed by atoms with Crippen LogP contribution in [0.25, 0.3) is 0 Å². The zero-order valence-electron chi connectivity index (χ0n) is 7.90. The molecule has 0 saturated heterocycles. The molecule has 0 bridgehead atoms. The zero-order valence-corrected chi connectivity index (χ0v) is 8.72. The van der Waals surface area contributed by atoms with Crippen molar-refractivity contribution in [1.82, 2.24) is 4.72 Å². The third kappa shape index (κ3) is 15.7. The smallest absolute Gasteiger partial charge is 0.00608 e. The first-order valence-corrected chi connectivity index (χ1v) is 5.25. The van der Waals surface area contributed by atoms with Gasteiger partial charge in [-0.2, -0.15) is 0 Å². The lowest BCUT2D eigenvalue weighted by atomic mass is 10.1. The van der Waals surface area contributed by atoms with Crippen molar-refractivity contribution in [2.24, 2.45) is 5.92 Å². The maximum atomic E-state index is 3.20. The highest BCUT2D eigenvalue weighted by Gasteiger charge is 1.89. The van der Waals surface area contributed by atoms with Gasteiger partial charge in [-0.25, -0.2) is 0 Å². The van der Waals surface area contributed by atoms with E-state index in [0.717, 1.165) is 12.5 Å². The van der Waals surface area contributed by atoms with Crippen molar-refractivity contribution in [1.29, 1.82) is 0 Å². The molecule has 0 aliphatic carbocycles. The maximum absolute atomic E-state index is 3.20. The molecule has 1 N–H and O–H groups in total. The van der Waals surface area contributed by atoms with Gasteiger partial charge in [-0.1, -0.05) is 39.6 Å². The fourth-order valence-electron chi connectivity index (χ4n) is 0.450. The van der Waals surface area contributed by atoms with E-state index in [4.69, 9.17) is 0 Å². The summed E-state index contributed by atoms with van der Waals surface area (Å²) in [6, 6.07) is 0. The Labute approximate surface area is 70.1 Å². The highest BCUT2D eigenvalue weighted by Crippen LogP contribution is 1.97. The second-order valence-corrected chi connectivity index (χ2v) is 2.98. The molecule has 0 rings (SSSR count). The van der Waals surface area contributed by atoms with Gasteiger partial charge < -0.3 is 0 Å². The molecule has 0 unspecified atom stereocenters. The van der Waals surface area contributed by atoms with Gasteiger partial charge in [0.25, 0.3) is 0 Å². The first-order chi connectivity index (χ1) is 4.77. The summed E-state index contributed by atoms with van der Waals surface area (Å²) in [4.78, 5) is 0. The van der Waals surface area contributed by atoms with E-state index < -0.39 is 0 Å². The standard InChI is InChI=1S/C6H15NS.C2H6/c1-6(2)4-5-7-8-3;1-2/h6-7H,4-5H2,1-3H3;1-2H3. The fraction of sp³-hybridized carbons (Fsp3) is 1.00. The number of hydrogen-bond donors (Lipinski definition) is 1. The molecular formula is C8H21NS. The molecule has 64 valence electrons. The van der Waals surface area contributed by atoms with Crippen molar-refractivity contribution < 1.29 is 0 Å². The van der Waals surface area contributed by atoms with Crippen LogP contribution in [0.2, 0.25) is 0 Å². The van der Waals surface area contributed by atoms with E-state index >= 15 is 0 Å². The van der Waals surface area contributed by atoms with E-state index in [-0.39, 0.29) is 0 Å². The van der Waals surface area contributed by atoms with Crippen LogP contribution < -0.4 is 4.72 Å². The lowest BCUT2D eigenvalue weighted by Crippen LogP contribution is -2.06. The molecule has 0 aliphatic heterocycles. The zero-order chi connectivity index (χ0) is 8.41. The van der Waals surface area contributed by atoms with Crippen molar-refractivity contribution >= 4 is 11.9 Å². The predicted octanol–water partition coefficient (Wildman–Crippen LogP) is 2.93. The summed E-state index contributed by atoms with van der Waals surface area (Å²) in [5.41, 5.74) is 0. The Morgan fingerprint density at radius 3 is 2.10 bits per heavy atom. The quantitative estimate of drug-likeness (QED) is 0.505. The van der Waals surface area contributed by atoms with Gasteiger partial charge in [0.2, 0.25) is 0 Å². The van der Waals surface area contributed by atoms with Crippen LogP contribution in [0.1, 0.15) is 34.1 Å². The summed E-state index contributed by atoms with van der Waals surface area (Å²) in [7, 11) is 0. The molecule has 0 aromatic rings. The van der Waals surface area contributed by atoms with Gasteiger partial charge in [0.1, 0.15) is 0 Å². The minimum absolute atomic E-state index is 0.828. The molecule has 0 aromatic carbocycles. The van der Waals surface area contributed by atoms with Crippen molar-refractivity contribution in [3.05, 3.63) is 0 Å². The van der Waals surface area contributed by atoms with Crippen molar-refractivity contribution in [3.63, 3.8) is 0 Å². The number of hydrogen-bond acceptors (Lipinski definition) is 2. The molecule has 0 aromatic heterocycles. The normalized spacial score (nSPS) is 9.00. The van der Waals surface area contributed by atoms with Crippen molar-refractivity contribution in [2.75, 3.05) is 12.8 Å². The average Bonchev–Trinajstić information content (AvgIpc) is 1.92. The molecule has 0 saturated carbocycles.